The number of hydrogen-bond donors (Lipinski definition) is 0. The van der Waals surface area contributed by atoms with E-state index in [0.29, 0.717) is 43.0 Å². The molecule has 1 heterocycles. The quantitative estimate of drug-likeness (QED) is 0.341. The number of Topliss-reactive ketones (excluding diaryl/α,β-unsaturated/α-hetero) is 2. The van der Waals surface area contributed by atoms with Gasteiger partial charge in [0, 0.05) is 39.0 Å². The summed E-state index contributed by atoms with van der Waals surface area (Å²) < 4.78 is 10.8. The minimum absolute atomic E-state index is 0.0935. The van der Waals surface area contributed by atoms with Crippen molar-refractivity contribution in [2.45, 2.75) is 31.8 Å². The summed E-state index contributed by atoms with van der Waals surface area (Å²) in [5.41, 5.74) is 3.57. The molecule has 1 saturated heterocycles. The summed E-state index contributed by atoms with van der Waals surface area (Å²) >= 11 is 0. The van der Waals surface area contributed by atoms with Crippen LogP contribution < -0.4 is 9.47 Å². The van der Waals surface area contributed by atoms with Gasteiger partial charge in [-0.25, -0.2) is 0 Å². The molecular formula is C31H32N2O4. The zero-order valence-corrected chi connectivity index (χ0v) is 21.4. The van der Waals surface area contributed by atoms with Gasteiger partial charge >= 0.3 is 0 Å². The third-order valence-corrected chi connectivity index (χ3v) is 7.20. The number of nitrogens with zero attached hydrogens (tertiary/aromatic N) is 2. The first kappa shape index (κ1) is 24.6. The molecule has 0 radical (unpaired) electrons. The van der Waals surface area contributed by atoms with Crippen LogP contribution in [0.5, 0.6) is 11.5 Å². The molecule has 0 unspecified atom stereocenters. The second-order valence-corrected chi connectivity index (χ2v) is 9.58. The van der Waals surface area contributed by atoms with E-state index in [1.54, 1.807) is 14.2 Å². The van der Waals surface area contributed by atoms with Crippen LogP contribution in [0.1, 0.15) is 35.4 Å². The minimum atomic E-state index is -0.185. The predicted octanol–water partition coefficient (Wildman–Crippen LogP) is 4.95. The van der Waals surface area contributed by atoms with Gasteiger partial charge in [-0.15, -0.1) is 0 Å². The lowest BCUT2D eigenvalue weighted by Crippen LogP contribution is -2.33. The number of hydrogen-bond acceptors (Lipinski definition) is 6. The van der Waals surface area contributed by atoms with Gasteiger partial charge in [-0.2, -0.15) is 0 Å². The maximum Gasteiger partial charge on any atom is 0.170 e. The molecule has 6 nitrogen and oxygen atoms in total. The van der Waals surface area contributed by atoms with Crippen LogP contribution in [0, 0.1) is 0 Å². The molecule has 190 valence electrons. The topological polar surface area (TPSA) is 59.1 Å². The predicted molar refractivity (Wildman–Crippen MR) is 142 cm³/mol. The highest BCUT2D eigenvalue weighted by molar-refractivity contribution is 6.22. The van der Waals surface area contributed by atoms with Crippen molar-refractivity contribution in [2.75, 3.05) is 27.3 Å². The first-order valence-electron chi connectivity index (χ1n) is 12.7. The van der Waals surface area contributed by atoms with E-state index in [9.17, 15) is 9.59 Å². The Balaban J connectivity index is 1.47. The first-order valence-corrected chi connectivity index (χ1v) is 12.7. The number of allylic oxidation sites excluding steroid dienone is 1. The van der Waals surface area contributed by atoms with Crippen LogP contribution in [0.2, 0.25) is 0 Å². The van der Waals surface area contributed by atoms with Crippen molar-refractivity contribution in [2.24, 2.45) is 0 Å². The van der Waals surface area contributed by atoms with Crippen LogP contribution >= 0.6 is 0 Å². The van der Waals surface area contributed by atoms with Gasteiger partial charge < -0.3 is 19.3 Å². The van der Waals surface area contributed by atoms with Gasteiger partial charge in [-0.05, 0) is 34.7 Å². The van der Waals surface area contributed by atoms with E-state index in [1.165, 1.54) is 0 Å². The van der Waals surface area contributed by atoms with Crippen molar-refractivity contribution in [3.8, 4) is 11.5 Å². The monoisotopic (exact) mass is 496 g/mol. The normalized spacial score (nSPS) is 17.9. The zero-order chi connectivity index (χ0) is 25.8. The Hall–Kier alpha value is -4.06. The van der Waals surface area contributed by atoms with Gasteiger partial charge in [0.05, 0.1) is 14.2 Å². The maximum absolute atomic E-state index is 13.7. The highest BCUT2D eigenvalue weighted by atomic mass is 16.5. The summed E-state index contributed by atoms with van der Waals surface area (Å²) in [5.74, 6) is 1.63. The van der Waals surface area contributed by atoms with Crippen molar-refractivity contribution in [1.82, 2.24) is 9.80 Å². The van der Waals surface area contributed by atoms with E-state index in [1.807, 2.05) is 54.6 Å². The molecule has 1 saturated carbocycles. The molecule has 1 aliphatic heterocycles. The molecule has 6 heteroatoms. The number of ether oxygens (including phenoxy) is 2. The number of rotatable bonds is 7. The molecule has 5 rings (SSSR count). The van der Waals surface area contributed by atoms with Crippen molar-refractivity contribution >= 4 is 11.6 Å². The van der Waals surface area contributed by atoms with Crippen LogP contribution in [-0.2, 0) is 22.7 Å². The second kappa shape index (κ2) is 10.9. The fourth-order valence-electron chi connectivity index (χ4n) is 5.36. The molecule has 3 aromatic carbocycles. The second-order valence-electron chi connectivity index (χ2n) is 9.58. The number of carbonyl (C=O) groups is 2. The summed E-state index contributed by atoms with van der Waals surface area (Å²) in [6, 6.07) is 26.0. The van der Waals surface area contributed by atoms with Gasteiger partial charge in [-0.3, -0.25) is 9.59 Å². The van der Waals surface area contributed by atoms with Crippen molar-refractivity contribution in [1.29, 1.82) is 0 Å². The Morgan fingerprint density at radius 1 is 0.703 bits per heavy atom. The molecule has 0 aromatic heterocycles. The number of ketones is 2. The molecule has 2 fully saturated rings. The molecule has 0 bridgehead atoms. The molecule has 2 aliphatic rings. The summed E-state index contributed by atoms with van der Waals surface area (Å²) in [6.07, 6.45) is 0.580. The van der Waals surface area contributed by atoms with E-state index in [-0.39, 0.29) is 17.5 Å². The third kappa shape index (κ3) is 5.24. The summed E-state index contributed by atoms with van der Waals surface area (Å²) in [5, 5.41) is 0. The summed E-state index contributed by atoms with van der Waals surface area (Å²) in [7, 11) is 3.18. The van der Waals surface area contributed by atoms with E-state index in [4.69, 9.17) is 9.47 Å². The minimum Gasteiger partial charge on any atom is -0.493 e. The molecule has 0 spiro atoms. The Bertz CT molecular complexity index is 1230. The Morgan fingerprint density at radius 2 is 1.22 bits per heavy atom. The highest BCUT2D eigenvalue weighted by Gasteiger charge is 2.39. The largest absolute Gasteiger partial charge is 0.493 e. The van der Waals surface area contributed by atoms with Crippen molar-refractivity contribution < 1.29 is 19.1 Å². The zero-order valence-electron chi connectivity index (χ0n) is 21.4. The van der Waals surface area contributed by atoms with Crippen LogP contribution in [0.4, 0.5) is 0 Å². The lowest BCUT2D eigenvalue weighted by Gasteiger charge is -2.31. The average Bonchev–Trinajstić information content (AvgIpc) is 3.30. The standard InChI is InChI=1S/C31H32N2O4/c1-36-28-14-13-24(19-29(28)37-2)25-17-26(34)30(27(35)18-25)31-32(20-22-9-5-3-6-10-22)15-16-33(31)21-23-11-7-4-8-12-23/h3-14,19,25H,15-18,20-21H2,1-2H3. The van der Waals surface area contributed by atoms with E-state index in [2.05, 4.69) is 34.1 Å². The lowest BCUT2D eigenvalue weighted by atomic mass is 9.79. The lowest BCUT2D eigenvalue weighted by molar-refractivity contribution is -0.124. The highest BCUT2D eigenvalue weighted by Crippen LogP contribution is 2.39. The van der Waals surface area contributed by atoms with Crippen LogP contribution in [-0.4, -0.2) is 48.7 Å². The van der Waals surface area contributed by atoms with E-state index >= 15 is 0 Å². The molecule has 1 aliphatic carbocycles. The number of benzene rings is 3. The van der Waals surface area contributed by atoms with Gasteiger partial charge in [0.2, 0.25) is 0 Å². The van der Waals surface area contributed by atoms with Crippen LogP contribution in [0.15, 0.2) is 90.3 Å². The van der Waals surface area contributed by atoms with E-state index in [0.717, 1.165) is 35.6 Å². The van der Waals surface area contributed by atoms with Crippen LogP contribution in [0.3, 0.4) is 0 Å². The number of carbonyl (C=O) groups excluding carboxylic acids is 2. The van der Waals surface area contributed by atoms with Gasteiger partial charge in [0.25, 0.3) is 0 Å². The van der Waals surface area contributed by atoms with Crippen molar-refractivity contribution in [3.63, 3.8) is 0 Å². The smallest absolute Gasteiger partial charge is 0.170 e. The molecular weight excluding hydrogens is 464 g/mol. The molecule has 0 atom stereocenters. The Morgan fingerprint density at radius 3 is 1.70 bits per heavy atom. The van der Waals surface area contributed by atoms with Crippen LogP contribution in [0.25, 0.3) is 0 Å². The fraction of sp³-hybridized carbons (Fsp3) is 0.290. The molecule has 0 amide bonds. The SMILES string of the molecule is COc1ccc(C2CC(=O)C(=C3N(Cc4ccccc4)CCN3Cc3ccccc3)C(=O)C2)cc1OC. The first-order chi connectivity index (χ1) is 18.1. The van der Waals surface area contributed by atoms with Crippen molar-refractivity contribution in [3.05, 3.63) is 107 Å². The van der Waals surface area contributed by atoms with Gasteiger partial charge in [-0.1, -0.05) is 66.7 Å². The summed E-state index contributed by atoms with van der Waals surface area (Å²) in [6.45, 7) is 2.84. The van der Waals surface area contributed by atoms with Gasteiger partial charge in [0.15, 0.2) is 23.1 Å². The molecule has 3 aromatic rings. The Kier molecular flexibility index (Phi) is 7.26. The number of methoxy groups -OCH3 is 2. The maximum atomic E-state index is 13.7. The molecule has 37 heavy (non-hydrogen) atoms. The Labute approximate surface area is 218 Å². The third-order valence-electron chi connectivity index (χ3n) is 7.20. The summed E-state index contributed by atoms with van der Waals surface area (Å²) in [4.78, 5) is 31.7. The average molecular weight is 497 g/mol. The van der Waals surface area contributed by atoms with Gasteiger partial charge in [0.1, 0.15) is 11.4 Å². The molecule has 0 N–H and O–H groups in total. The van der Waals surface area contributed by atoms with E-state index < -0.39 is 0 Å². The fourth-order valence-corrected chi connectivity index (χ4v) is 5.36.